The van der Waals surface area contributed by atoms with Crippen molar-refractivity contribution in [3.8, 4) is 5.75 Å². The first-order chi connectivity index (χ1) is 12.3. The van der Waals surface area contributed by atoms with E-state index in [0.29, 0.717) is 22.1 Å². The summed E-state index contributed by atoms with van der Waals surface area (Å²) in [6.45, 7) is 1.87. The number of hydrogen-bond donors (Lipinski definition) is 1. The molecule has 1 heterocycles. The molecule has 3 rings (SSSR count). The summed E-state index contributed by atoms with van der Waals surface area (Å²) in [6.07, 6.45) is 0.881. The zero-order chi connectivity index (χ0) is 18.9. The molecule has 1 atom stereocenters. The average molecular weight is 395 g/mol. The van der Waals surface area contributed by atoms with E-state index in [0.717, 1.165) is 22.5 Å². The highest BCUT2D eigenvalue weighted by molar-refractivity contribution is 7.92. The Morgan fingerprint density at radius 3 is 2.73 bits per heavy atom. The normalized spacial score (nSPS) is 16.6. The van der Waals surface area contributed by atoms with Gasteiger partial charge in [0.05, 0.1) is 18.5 Å². The highest BCUT2D eigenvalue weighted by Gasteiger charge is 2.35. The number of hydrogen-bond acceptors (Lipinski definition) is 4. The molecule has 0 spiro atoms. The molecule has 0 fully saturated rings. The molecule has 0 bridgehead atoms. The second kappa shape index (κ2) is 7.17. The first kappa shape index (κ1) is 18.5. The van der Waals surface area contributed by atoms with Gasteiger partial charge in [-0.15, -0.1) is 0 Å². The van der Waals surface area contributed by atoms with E-state index in [1.54, 1.807) is 12.1 Å². The Morgan fingerprint density at radius 1 is 1.31 bits per heavy atom. The Morgan fingerprint density at radius 2 is 2.04 bits per heavy atom. The minimum atomic E-state index is -3.59. The van der Waals surface area contributed by atoms with Crippen LogP contribution in [0.15, 0.2) is 42.5 Å². The lowest BCUT2D eigenvalue weighted by Gasteiger charge is -2.34. The van der Waals surface area contributed by atoms with Gasteiger partial charge in [-0.3, -0.25) is 9.10 Å². The number of para-hydroxylation sites is 1. The molecule has 2 aromatic rings. The van der Waals surface area contributed by atoms with Crippen molar-refractivity contribution in [1.82, 2.24) is 0 Å². The molecule has 0 aromatic heterocycles. The average Bonchev–Trinajstić information content (AvgIpc) is 2.60. The minimum Gasteiger partial charge on any atom is -0.476 e. The van der Waals surface area contributed by atoms with Crippen LogP contribution in [0.1, 0.15) is 12.5 Å². The van der Waals surface area contributed by atoms with Gasteiger partial charge in [-0.25, -0.2) is 8.42 Å². The zero-order valence-corrected chi connectivity index (χ0v) is 16.0. The van der Waals surface area contributed by atoms with Crippen molar-refractivity contribution in [2.24, 2.45) is 0 Å². The van der Waals surface area contributed by atoms with E-state index < -0.39 is 22.0 Å². The van der Waals surface area contributed by atoms with Gasteiger partial charge in [-0.1, -0.05) is 36.7 Å². The summed E-state index contributed by atoms with van der Waals surface area (Å²) >= 11 is 5.98. The van der Waals surface area contributed by atoms with Crippen LogP contribution in [-0.2, 0) is 21.2 Å². The maximum atomic E-state index is 12.7. The van der Waals surface area contributed by atoms with Crippen LogP contribution < -0.4 is 14.4 Å². The number of sulfonamides is 1. The number of anilines is 2. The lowest BCUT2D eigenvalue weighted by molar-refractivity contribution is -0.122. The van der Waals surface area contributed by atoms with Gasteiger partial charge in [0.1, 0.15) is 5.75 Å². The van der Waals surface area contributed by atoms with Crippen LogP contribution >= 0.6 is 11.6 Å². The van der Waals surface area contributed by atoms with Crippen LogP contribution in [0.2, 0.25) is 5.02 Å². The number of nitrogens with one attached hydrogen (secondary N) is 1. The van der Waals surface area contributed by atoms with E-state index in [2.05, 4.69) is 5.32 Å². The molecule has 138 valence electrons. The quantitative estimate of drug-likeness (QED) is 0.864. The van der Waals surface area contributed by atoms with Crippen molar-refractivity contribution in [2.45, 2.75) is 19.4 Å². The van der Waals surface area contributed by atoms with Gasteiger partial charge in [0.2, 0.25) is 10.0 Å². The molecule has 0 saturated carbocycles. The molecule has 0 radical (unpaired) electrons. The summed E-state index contributed by atoms with van der Waals surface area (Å²) < 4.78 is 31.3. The Labute approximate surface area is 157 Å². The van der Waals surface area contributed by atoms with Gasteiger partial charge in [0.25, 0.3) is 5.91 Å². The lowest BCUT2D eigenvalue weighted by atomic mass is 10.1. The summed E-state index contributed by atoms with van der Waals surface area (Å²) in [5, 5.41) is 3.22. The fourth-order valence-electron chi connectivity index (χ4n) is 2.84. The number of halogens is 1. The molecule has 0 saturated heterocycles. The topological polar surface area (TPSA) is 75.7 Å². The van der Waals surface area contributed by atoms with Crippen molar-refractivity contribution < 1.29 is 17.9 Å². The third-order valence-electron chi connectivity index (χ3n) is 4.14. The first-order valence-electron chi connectivity index (χ1n) is 8.12. The largest absolute Gasteiger partial charge is 0.476 e. The van der Waals surface area contributed by atoms with Crippen LogP contribution in [0, 0.1) is 0 Å². The lowest BCUT2D eigenvalue weighted by Crippen LogP contribution is -2.48. The third-order valence-corrected chi connectivity index (χ3v) is 5.52. The van der Waals surface area contributed by atoms with E-state index in [4.69, 9.17) is 16.3 Å². The summed E-state index contributed by atoms with van der Waals surface area (Å²) in [5.74, 6) is -0.102. The number of carbonyl (C=O) groups is 1. The van der Waals surface area contributed by atoms with E-state index in [-0.39, 0.29) is 6.54 Å². The Hall–Kier alpha value is -2.25. The summed E-state index contributed by atoms with van der Waals surface area (Å²) in [5.41, 5.74) is 2.01. The fourth-order valence-corrected chi connectivity index (χ4v) is 3.91. The first-order valence-corrected chi connectivity index (χ1v) is 10.3. The fraction of sp³-hybridized carbons (Fsp3) is 0.278. The molecule has 1 amide bonds. The monoisotopic (exact) mass is 394 g/mol. The van der Waals surface area contributed by atoms with E-state index >= 15 is 0 Å². The standard InChI is InChI=1S/C18H19ClN2O4S/c1-3-12-6-4-5-7-14(12)20-18(22)17-11-21(26(2,23)24)15-10-13(19)8-9-16(15)25-17/h4-10,17H,3,11H2,1-2H3,(H,20,22). The molecule has 1 aliphatic rings. The molecule has 1 N–H and O–H groups in total. The van der Waals surface area contributed by atoms with Crippen LogP contribution in [0.3, 0.4) is 0 Å². The molecular formula is C18H19ClN2O4S. The Bertz CT molecular complexity index is 946. The predicted octanol–water partition coefficient (Wildman–Crippen LogP) is 3.07. The van der Waals surface area contributed by atoms with Gasteiger partial charge in [0, 0.05) is 10.7 Å². The molecule has 8 heteroatoms. The smallest absolute Gasteiger partial charge is 0.267 e. The van der Waals surface area contributed by atoms with Crippen molar-refractivity contribution in [2.75, 3.05) is 22.4 Å². The highest BCUT2D eigenvalue weighted by atomic mass is 35.5. The molecule has 1 aliphatic heterocycles. The van der Waals surface area contributed by atoms with E-state index in [9.17, 15) is 13.2 Å². The van der Waals surface area contributed by atoms with Crippen molar-refractivity contribution >= 4 is 38.9 Å². The van der Waals surface area contributed by atoms with Gasteiger partial charge in [0.15, 0.2) is 6.10 Å². The highest BCUT2D eigenvalue weighted by Crippen LogP contribution is 2.37. The van der Waals surface area contributed by atoms with Gasteiger partial charge in [-0.05, 0) is 36.2 Å². The van der Waals surface area contributed by atoms with Gasteiger partial charge in [-0.2, -0.15) is 0 Å². The number of benzene rings is 2. The third kappa shape index (κ3) is 3.78. The number of rotatable bonds is 4. The zero-order valence-electron chi connectivity index (χ0n) is 14.4. The summed E-state index contributed by atoms with van der Waals surface area (Å²) in [4.78, 5) is 12.7. The van der Waals surface area contributed by atoms with Crippen molar-refractivity contribution in [1.29, 1.82) is 0 Å². The van der Waals surface area contributed by atoms with E-state index in [1.807, 2.05) is 31.2 Å². The molecule has 0 aliphatic carbocycles. The summed E-state index contributed by atoms with van der Waals surface area (Å²) in [6, 6.07) is 12.1. The number of aryl methyl sites for hydroxylation is 1. The second-order valence-electron chi connectivity index (χ2n) is 6.01. The Balaban J connectivity index is 1.90. The number of carbonyl (C=O) groups excluding carboxylic acids is 1. The SMILES string of the molecule is CCc1ccccc1NC(=O)C1CN(S(C)(=O)=O)c2cc(Cl)ccc2O1. The summed E-state index contributed by atoms with van der Waals surface area (Å²) in [7, 11) is -3.59. The number of fused-ring (bicyclic) bond motifs is 1. The molecule has 6 nitrogen and oxygen atoms in total. The van der Waals surface area contributed by atoms with Crippen molar-refractivity contribution in [3.63, 3.8) is 0 Å². The molecule has 1 unspecified atom stereocenters. The number of amides is 1. The van der Waals surface area contributed by atoms with Crippen LogP contribution in [-0.4, -0.2) is 33.2 Å². The van der Waals surface area contributed by atoms with Gasteiger partial charge >= 0.3 is 0 Å². The maximum absolute atomic E-state index is 12.7. The Kier molecular flexibility index (Phi) is 5.11. The molecule has 26 heavy (non-hydrogen) atoms. The van der Waals surface area contributed by atoms with Gasteiger partial charge < -0.3 is 10.1 Å². The van der Waals surface area contributed by atoms with Crippen molar-refractivity contribution in [3.05, 3.63) is 53.1 Å². The maximum Gasteiger partial charge on any atom is 0.267 e. The van der Waals surface area contributed by atoms with Crippen LogP contribution in [0.25, 0.3) is 0 Å². The predicted molar refractivity (Wildman–Crippen MR) is 103 cm³/mol. The van der Waals surface area contributed by atoms with Crippen LogP contribution in [0.4, 0.5) is 11.4 Å². The number of ether oxygens (including phenoxy) is 1. The minimum absolute atomic E-state index is 0.119. The molecule has 2 aromatic carbocycles. The van der Waals surface area contributed by atoms with E-state index in [1.165, 1.54) is 6.07 Å². The number of nitrogens with zero attached hydrogens (tertiary/aromatic N) is 1. The van der Waals surface area contributed by atoms with Crippen LogP contribution in [0.5, 0.6) is 5.75 Å². The second-order valence-corrected chi connectivity index (χ2v) is 8.36. The molecular weight excluding hydrogens is 376 g/mol.